The van der Waals surface area contributed by atoms with Crippen LogP contribution in [0.1, 0.15) is 67.9 Å². The Bertz CT molecular complexity index is 1270. The molecule has 4 fully saturated rings. The zero-order valence-electron chi connectivity index (χ0n) is 22.4. The molecule has 0 unspecified atom stereocenters. The maximum absolute atomic E-state index is 12.2. The minimum Gasteiger partial charge on any atom is -1.00 e. The predicted molar refractivity (Wildman–Crippen MR) is 142 cm³/mol. The Hall–Kier alpha value is -2.61. The highest BCUT2D eigenvalue weighted by atomic mass is 35.5. The van der Waals surface area contributed by atoms with Crippen molar-refractivity contribution in [2.24, 2.45) is 11.8 Å². The lowest BCUT2D eigenvalue weighted by atomic mass is 9.73. The van der Waals surface area contributed by atoms with E-state index in [-0.39, 0.29) is 24.4 Å². The molecular formula is C31H38ClN3O4. The highest BCUT2D eigenvalue weighted by Gasteiger charge is 2.49. The molecule has 3 aromatic rings. The first kappa shape index (κ1) is 26.6. The lowest BCUT2D eigenvalue weighted by Gasteiger charge is -2.51. The number of hydrogen-bond acceptors (Lipinski definition) is 6. The maximum atomic E-state index is 12.2. The van der Waals surface area contributed by atoms with Crippen molar-refractivity contribution in [1.29, 1.82) is 0 Å². The fourth-order valence-electron chi connectivity index (χ4n) is 7.49. The number of aromatic nitrogens is 2. The highest BCUT2D eigenvalue weighted by molar-refractivity contribution is 5.42. The second kappa shape index (κ2) is 10.8. The third kappa shape index (κ3) is 4.94. The summed E-state index contributed by atoms with van der Waals surface area (Å²) >= 11 is 0. The van der Waals surface area contributed by atoms with Gasteiger partial charge in [-0.25, -0.2) is 0 Å². The average molecular weight is 552 g/mol. The van der Waals surface area contributed by atoms with Crippen LogP contribution in [0.4, 0.5) is 0 Å². The van der Waals surface area contributed by atoms with Crippen LogP contribution in [0.15, 0.2) is 52.9 Å². The van der Waals surface area contributed by atoms with E-state index >= 15 is 0 Å². The van der Waals surface area contributed by atoms with Crippen molar-refractivity contribution in [3.63, 3.8) is 0 Å². The minimum atomic E-state index is -1.25. The van der Waals surface area contributed by atoms with E-state index in [0.717, 1.165) is 92.7 Å². The summed E-state index contributed by atoms with van der Waals surface area (Å²) in [5, 5.41) is 21.2. The summed E-state index contributed by atoms with van der Waals surface area (Å²) in [5.41, 5.74) is 0.848. The molecule has 2 atom stereocenters. The largest absolute Gasteiger partial charge is 1.00 e. The maximum Gasteiger partial charge on any atom is 0.271 e. The number of halogens is 1. The summed E-state index contributed by atoms with van der Waals surface area (Å²) in [4.78, 5) is 0. The van der Waals surface area contributed by atoms with Gasteiger partial charge in [-0.1, -0.05) is 49.6 Å². The summed E-state index contributed by atoms with van der Waals surface area (Å²) in [6.45, 7) is 4.60. The van der Waals surface area contributed by atoms with Gasteiger partial charge in [0.1, 0.15) is 18.0 Å². The van der Waals surface area contributed by atoms with E-state index in [2.05, 4.69) is 16.3 Å². The molecule has 8 rings (SSSR count). The van der Waals surface area contributed by atoms with E-state index in [1.165, 1.54) is 12.0 Å². The SMILES string of the molecule is O[C@](c1ccccc1)(c1nnc(C[N+]23CCC(CC2)[C@@H](Oc2ccc4c(c2)CCO4)C3)o1)C1CCCCC1.[Cl-]. The third-order valence-electron chi connectivity index (χ3n) is 9.66. The quantitative estimate of drug-likeness (QED) is 0.453. The number of aliphatic hydroxyl groups is 1. The van der Waals surface area contributed by atoms with Crippen LogP contribution in [-0.2, 0) is 18.6 Å². The monoisotopic (exact) mass is 551 g/mol. The van der Waals surface area contributed by atoms with Gasteiger partial charge in [-0.2, -0.15) is 0 Å². The smallest absolute Gasteiger partial charge is 0.271 e. The molecule has 1 N–H and O–H groups in total. The lowest BCUT2D eigenvalue weighted by molar-refractivity contribution is -0.959. The van der Waals surface area contributed by atoms with Gasteiger partial charge in [0.25, 0.3) is 11.8 Å². The van der Waals surface area contributed by atoms with E-state index in [1.807, 2.05) is 42.5 Å². The molecule has 1 aliphatic carbocycles. The molecule has 0 radical (unpaired) electrons. The van der Waals surface area contributed by atoms with Gasteiger partial charge in [-0.15, -0.1) is 10.2 Å². The van der Waals surface area contributed by atoms with Crippen LogP contribution in [0.2, 0.25) is 0 Å². The van der Waals surface area contributed by atoms with Crippen molar-refractivity contribution >= 4 is 0 Å². The van der Waals surface area contributed by atoms with Crippen LogP contribution in [0, 0.1) is 11.8 Å². The van der Waals surface area contributed by atoms with Gasteiger partial charge < -0.3 is 35.9 Å². The molecule has 2 bridgehead atoms. The summed E-state index contributed by atoms with van der Waals surface area (Å²) in [6.07, 6.45) is 8.85. The number of rotatable bonds is 7. The van der Waals surface area contributed by atoms with E-state index in [9.17, 15) is 5.11 Å². The summed E-state index contributed by atoms with van der Waals surface area (Å²) in [7, 11) is 0. The number of hydrogen-bond donors (Lipinski definition) is 1. The molecule has 5 heterocycles. The first-order valence-electron chi connectivity index (χ1n) is 14.5. The molecule has 7 nitrogen and oxygen atoms in total. The van der Waals surface area contributed by atoms with Crippen molar-refractivity contribution in [1.82, 2.24) is 10.2 Å². The Balaban J connectivity index is 0.00000277. The van der Waals surface area contributed by atoms with E-state index in [0.29, 0.717) is 24.2 Å². The van der Waals surface area contributed by atoms with E-state index in [1.54, 1.807) is 0 Å². The molecule has 4 aliphatic heterocycles. The first-order valence-corrected chi connectivity index (χ1v) is 14.5. The predicted octanol–water partition coefficient (Wildman–Crippen LogP) is 2.01. The molecule has 39 heavy (non-hydrogen) atoms. The van der Waals surface area contributed by atoms with Crippen molar-refractivity contribution in [2.75, 3.05) is 26.2 Å². The van der Waals surface area contributed by atoms with Crippen LogP contribution in [0.25, 0.3) is 0 Å². The van der Waals surface area contributed by atoms with Crippen LogP contribution in [0.5, 0.6) is 11.5 Å². The fraction of sp³-hybridized carbons (Fsp3) is 0.548. The molecule has 8 heteroatoms. The standard InChI is InChI=1S/C31H38N3O4.ClH/c35-31(24-7-3-1-4-8-24,25-9-5-2-6-10-25)30-33-32-29(38-30)21-34-16-13-22(14-17-34)28(20-34)37-26-11-12-27-23(19-26)15-18-36-27;/h1,3-4,7-8,11-12,19,22,25,28,35H,2,5-6,9-10,13-18,20-21H2;1H/q+1;/p-1/t22?,28-,31-,34?;/m0./s1. The Morgan fingerprint density at radius 2 is 1.77 bits per heavy atom. The van der Waals surface area contributed by atoms with Crippen LogP contribution < -0.4 is 21.9 Å². The topological polar surface area (TPSA) is 77.6 Å². The molecule has 208 valence electrons. The van der Waals surface area contributed by atoms with Gasteiger partial charge in [0.2, 0.25) is 0 Å². The normalized spacial score (nSPS) is 27.7. The molecule has 0 amide bonds. The van der Waals surface area contributed by atoms with E-state index in [4.69, 9.17) is 13.9 Å². The van der Waals surface area contributed by atoms with Gasteiger partial charge in [0, 0.05) is 36.7 Å². The van der Waals surface area contributed by atoms with Crippen LogP contribution >= 0.6 is 0 Å². The number of piperidine rings is 3. The van der Waals surface area contributed by atoms with Gasteiger partial charge in [0.05, 0.1) is 19.7 Å². The molecule has 1 aromatic heterocycles. The number of nitrogens with zero attached hydrogens (tertiary/aromatic N) is 3. The third-order valence-corrected chi connectivity index (χ3v) is 9.66. The zero-order chi connectivity index (χ0) is 25.6. The van der Waals surface area contributed by atoms with Crippen LogP contribution in [-0.4, -0.2) is 52.1 Å². The van der Waals surface area contributed by atoms with Crippen molar-refractivity contribution in [3.05, 3.63) is 71.4 Å². The molecular weight excluding hydrogens is 514 g/mol. The molecule has 3 saturated heterocycles. The van der Waals surface area contributed by atoms with Crippen molar-refractivity contribution in [3.8, 4) is 11.5 Å². The minimum absolute atomic E-state index is 0. The lowest BCUT2D eigenvalue weighted by Crippen LogP contribution is -3.00. The van der Waals surface area contributed by atoms with Gasteiger partial charge in [-0.05, 0) is 36.6 Å². The number of fused-ring (bicyclic) bond motifs is 4. The number of ether oxygens (including phenoxy) is 2. The Kier molecular flexibility index (Phi) is 7.34. The second-order valence-corrected chi connectivity index (χ2v) is 12.0. The van der Waals surface area contributed by atoms with Crippen LogP contribution in [0.3, 0.4) is 0 Å². The summed E-state index contributed by atoms with van der Waals surface area (Å²) in [5.74, 6) is 3.59. The van der Waals surface area contributed by atoms with Crippen molar-refractivity contribution < 1.29 is 35.9 Å². The summed E-state index contributed by atoms with van der Waals surface area (Å²) < 4.78 is 19.5. The Morgan fingerprint density at radius 3 is 2.56 bits per heavy atom. The molecule has 1 saturated carbocycles. The fourth-order valence-corrected chi connectivity index (χ4v) is 7.49. The summed E-state index contributed by atoms with van der Waals surface area (Å²) in [6, 6.07) is 16.2. The average Bonchev–Trinajstić information content (AvgIpc) is 3.64. The van der Waals surface area contributed by atoms with Gasteiger partial charge in [-0.3, -0.25) is 0 Å². The molecule has 5 aliphatic rings. The molecule has 0 spiro atoms. The first-order chi connectivity index (χ1) is 18.6. The van der Waals surface area contributed by atoms with Gasteiger partial charge >= 0.3 is 0 Å². The van der Waals surface area contributed by atoms with E-state index < -0.39 is 5.60 Å². The zero-order valence-corrected chi connectivity index (χ0v) is 23.2. The number of benzene rings is 2. The molecule has 2 aromatic carbocycles. The van der Waals surface area contributed by atoms with Gasteiger partial charge in [0.15, 0.2) is 18.2 Å². The Morgan fingerprint density at radius 1 is 0.974 bits per heavy atom. The second-order valence-electron chi connectivity index (χ2n) is 12.0. The van der Waals surface area contributed by atoms with Crippen molar-refractivity contribution in [2.45, 2.75) is 69.6 Å². The Labute approximate surface area is 236 Å². The highest BCUT2D eigenvalue weighted by Crippen LogP contribution is 2.44. The number of quaternary nitrogens is 1.